The van der Waals surface area contributed by atoms with Gasteiger partial charge in [0.1, 0.15) is 12.4 Å². The van der Waals surface area contributed by atoms with E-state index in [9.17, 15) is 14.5 Å². The highest BCUT2D eigenvalue weighted by Gasteiger charge is 2.15. The second kappa shape index (κ2) is 6.64. The Kier molecular flexibility index (Phi) is 4.87. The van der Waals surface area contributed by atoms with Crippen LogP contribution in [-0.2, 0) is 13.2 Å². The van der Waals surface area contributed by atoms with Crippen LogP contribution in [0.3, 0.4) is 0 Å². The average Bonchev–Trinajstić information content (AvgIpc) is 2.48. The van der Waals surface area contributed by atoms with Crippen molar-refractivity contribution in [2.75, 3.05) is 0 Å². The molecule has 21 heavy (non-hydrogen) atoms. The molecule has 0 bridgehead atoms. The molecule has 0 saturated heterocycles. The molecular weight excluding hydrogens is 343 g/mol. The summed E-state index contributed by atoms with van der Waals surface area (Å²) in [7, 11) is 0. The molecule has 0 aliphatic carbocycles. The molecule has 2 N–H and O–H groups in total. The lowest BCUT2D eigenvalue weighted by molar-refractivity contribution is -0.386. The number of hydrogen-bond donors (Lipinski definition) is 1. The molecule has 0 aliphatic rings. The minimum atomic E-state index is -0.518. The molecule has 2 aromatic carbocycles. The summed E-state index contributed by atoms with van der Waals surface area (Å²) in [6.45, 7) is 0.351. The maximum atomic E-state index is 13.1. The minimum absolute atomic E-state index is 0.0910. The lowest BCUT2D eigenvalue weighted by Gasteiger charge is -2.09. The van der Waals surface area contributed by atoms with Gasteiger partial charge in [0.25, 0.3) is 0 Å². The van der Waals surface area contributed by atoms with E-state index in [1.54, 1.807) is 18.2 Å². The molecule has 0 atom stereocenters. The summed E-state index contributed by atoms with van der Waals surface area (Å²) in [5.74, 6) is -0.238. The fraction of sp³-hybridized carbons (Fsp3) is 0.143. The molecule has 0 amide bonds. The van der Waals surface area contributed by atoms with Crippen molar-refractivity contribution in [3.05, 3.63) is 67.9 Å². The van der Waals surface area contributed by atoms with Gasteiger partial charge in [-0.1, -0.05) is 12.1 Å². The monoisotopic (exact) mass is 354 g/mol. The topological polar surface area (TPSA) is 78.4 Å². The number of benzene rings is 2. The number of halogens is 2. The second-order valence-electron chi connectivity index (χ2n) is 4.30. The molecule has 0 radical (unpaired) electrons. The average molecular weight is 355 g/mol. The van der Waals surface area contributed by atoms with Gasteiger partial charge in [-0.25, -0.2) is 4.39 Å². The van der Waals surface area contributed by atoms with Gasteiger partial charge in [-0.05, 0) is 45.3 Å². The van der Waals surface area contributed by atoms with Gasteiger partial charge >= 0.3 is 5.69 Å². The molecule has 0 fully saturated rings. The van der Waals surface area contributed by atoms with Gasteiger partial charge < -0.3 is 10.5 Å². The van der Waals surface area contributed by atoms with Crippen LogP contribution in [0.15, 0.2) is 40.9 Å². The van der Waals surface area contributed by atoms with E-state index in [0.717, 1.165) is 5.56 Å². The zero-order valence-corrected chi connectivity index (χ0v) is 12.5. The lowest BCUT2D eigenvalue weighted by Crippen LogP contribution is -2.02. The quantitative estimate of drug-likeness (QED) is 0.657. The van der Waals surface area contributed by atoms with Crippen molar-refractivity contribution in [3.63, 3.8) is 0 Å². The third kappa shape index (κ3) is 3.77. The molecule has 5 nitrogen and oxygen atoms in total. The van der Waals surface area contributed by atoms with Crippen molar-refractivity contribution in [2.24, 2.45) is 5.73 Å². The Morgan fingerprint density at radius 3 is 2.57 bits per heavy atom. The zero-order chi connectivity index (χ0) is 15.4. The summed E-state index contributed by atoms with van der Waals surface area (Å²) in [4.78, 5) is 10.5. The van der Waals surface area contributed by atoms with Crippen molar-refractivity contribution in [1.82, 2.24) is 0 Å². The Labute approximate surface area is 128 Å². The third-order valence-electron chi connectivity index (χ3n) is 2.83. The summed E-state index contributed by atoms with van der Waals surface area (Å²) in [5, 5.41) is 11.0. The van der Waals surface area contributed by atoms with Crippen LogP contribution in [0.2, 0.25) is 0 Å². The van der Waals surface area contributed by atoms with Crippen molar-refractivity contribution < 1.29 is 14.1 Å². The van der Waals surface area contributed by atoms with E-state index in [1.807, 2.05) is 0 Å². The van der Waals surface area contributed by atoms with E-state index in [-0.39, 0.29) is 30.4 Å². The molecule has 0 heterocycles. The molecule has 0 saturated carbocycles. The summed E-state index contributed by atoms with van der Waals surface area (Å²) < 4.78 is 18.9. The maximum Gasteiger partial charge on any atom is 0.310 e. The molecular formula is C14H12BrFN2O3. The Morgan fingerprint density at radius 2 is 1.95 bits per heavy atom. The van der Waals surface area contributed by atoms with E-state index in [0.29, 0.717) is 10.0 Å². The van der Waals surface area contributed by atoms with Crippen LogP contribution in [0.1, 0.15) is 11.1 Å². The van der Waals surface area contributed by atoms with Gasteiger partial charge in [-0.2, -0.15) is 0 Å². The van der Waals surface area contributed by atoms with Crippen molar-refractivity contribution in [2.45, 2.75) is 13.2 Å². The molecule has 0 aromatic heterocycles. The summed E-state index contributed by atoms with van der Waals surface area (Å²) >= 11 is 3.08. The largest absolute Gasteiger partial charge is 0.482 e. The summed E-state index contributed by atoms with van der Waals surface area (Å²) in [5.41, 5.74) is 6.81. The fourth-order valence-corrected chi connectivity index (χ4v) is 2.17. The second-order valence-corrected chi connectivity index (χ2v) is 5.15. The van der Waals surface area contributed by atoms with Gasteiger partial charge in [-0.15, -0.1) is 0 Å². The molecule has 2 rings (SSSR count). The lowest BCUT2D eigenvalue weighted by atomic mass is 10.2. The van der Waals surface area contributed by atoms with Gasteiger partial charge in [0.05, 0.1) is 9.40 Å². The summed E-state index contributed by atoms with van der Waals surface area (Å²) in [6.07, 6.45) is 0. The first-order chi connectivity index (χ1) is 10.0. The van der Waals surface area contributed by atoms with Crippen LogP contribution < -0.4 is 10.5 Å². The van der Waals surface area contributed by atoms with Crippen LogP contribution >= 0.6 is 15.9 Å². The van der Waals surface area contributed by atoms with Gasteiger partial charge in [0.15, 0.2) is 5.75 Å². The fourth-order valence-electron chi connectivity index (χ4n) is 1.74. The first kappa shape index (κ1) is 15.4. The van der Waals surface area contributed by atoms with Crippen molar-refractivity contribution in [1.29, 1.82) is 0 Å². The Balaban J connectivity index is 2.21. The predicted molar refractivity (Wildman–Crippen MR) is 79.4 cm³/mol. The number of ether oxygens (including phenoxy) is 1. The van der Waals surface area contributed by atoms with Crippen molar-refractivity contribution in [3.8, 4) is 5.75 Å². The minimum Gasteiger partial charge on any atom is -0.482 e. The van der Waals surface area contributed by atoms with Crippen LogP contribution in [0, 0.1) is 15.9 Å². The third-order valence-corrected chi connectivity index (χ3v) is 3.44. The Morgan fingerprint density at radius 1 is 1.24 bits per heavy atom. The number of nitrogens with zero attached hydrogens (tertiary/aromatic N) is 1. The molecule has 0 spiro atoms. The highest BCUT2D eigenvalue weighted by molar-refractivity contribution is 9.10. The molecule has 110 valence electrons. The Bertz CT molecular complexity index is 679. The standard InChI is InChI=1S/C14H12BrFN2O3/c15-11-5-10(1-3-12(11)16)8-21-14-6-9(7-17)2-4-13(14)18(19)20/h1-6H,7-8,17H2. The number of nitrogens with two attached hydrogens (primary N) is 1. The van der Waals surface area contributed by atoms with Crippen LogP contribution in [-0.4, -0.2) is 4.92 Å². The molecule has 0 unspecified atom stereocenters. The molecule has 0 aliphatic heterocycles. The van der Waals surface area contributed by atoms with Gasteiger partial charge in [0, 0.05) is 12.6 Å². The van der Waals surface area contributed by atoms with Crippen LogP contribution in [0.25, 0.3) is 0 Å². The Hall–Kier alpha value is -1.99. The SMILES string of the molecule is NCc1ccc([N+](=O)[O-])c(OCc2ccc(F)c(Br)c2)c1. The number of nitro groups is 1. The van der Waals surface area contributed by atoms with E-state index < -0.39 is 4.92 Å². The van der Waals surface area contributed by atoms with Crippen LogP contribution in [0.5, 0.6) is 5.75 Å². The summed E-state index contributed by atoms with van der Waals surface area (Å²) in [6, 6.07) is 8.90. The number of hydrogen-bond acceptors (Lipinski definition) is 4. The van der Waals surface area contributed by atoms with E-state index in [2.05, 4.69) is 15.9 Å². The van der Waals surface area contributed by atoms with Crippen molar-refractivity contribution >= 4 is 21.6 Å². The first-order valence-electron chi connectivity index (χ1n) is 6.05. The van der Waals surface area contributed by atoms with E-state index in [1.165, 1.54) is 18.2 Å². The maximum absolute atomic E-state index is 13.1. The molecule has 2 aromatic rings. The first-order valence-corrected chi connectivity index (χ1v) is 6.84. The number of rotatable bonds is 5. The molecule has 7 heteroatoms. The van der Waals surface area contributed by atoms with E-state index >= 15 is 0 Å². The number of nitro benzene ring substituents is 1. The van der Waals surface area contributed by atoms with E-state index in [4.69, 9.17) is 10.5 Å². The zero-order valence-electron chi connectivity index (χ0n) is 10.9. The normalized spacial score (nSPS) is 10.4. The predicted octanol–water partition coefficient (Wildman–Crippen LogP) is 3.53. The van der Waals surface area contributed by atoms with Crippen LogP contribution in [0.4, 0.5) is 10.1 Å². The van der Waals surface area contributed by atoms with Gasteiger partial charge in [0.2, 0.25) is 0 Å². The highest BCUT2D eigenvalue weighted by atomic mass is 79.9. The van der Waals surface area contributed by atoms with Gasteiger partial charge in [-0.3, -0.25) is 10.1 Å². The smallest absolute Gasteiger partial charge is 0.310 e. The highest BCUT2D eigenvalue weighted by Crippen LogP contribution is 2.29.